The molecule has 17 heavy (non-hydrogen) atoms. The Morgan fingerprint density at radius 1 is 1.59 bits per heavy atom. The second kappa shape index (κ2) is 5.98. The summed E-state index contributed by atoms with van der Waals surface area (Å²) in [4.78, 5) is 12.8. The Hall–Kier alpha value is -0.390. The molecular formula is C12H18BrNO2S. The van der Waals surface area contributed by atoms with Crippen molar-refractivity contribution in [3.8, 4) is 0 Å². The first-order valence-corrected chi connectivity index (χ1v) is 7.16. The lowest BCUT2D eigenvalue weighted by Gasteiger charge is -2.25. The number of rotatable bonds is 5. The average Bonchev–Trinajstić information content (AvgIpc) is 2.64. The Bertz CT molecular complexity index is 390. The summed E-state index contributed by atoms with van der Waals surface area (Å²) in [6.45, 7) is 5.95. The second-order valence-corrected chi connectivity index (χ2v) is 7.05. The third-order valence-corrected chi connectivity index (χ3v) is 4.27. The third kappa shape index (κ3) is 4.08. The van der Waals surface area contributed by atoms with Gasteiger partial charge in [0.2, 0.25) is 0 Å². The van der Waals surface area contributed by atoms with Gasteiger partial charge in [0.25, 0.3) is 0 Å². The second-order valence-electron chi connectivity index (χ2n) is 4.56. The van der Waals surface area contributed by atoms with E-state index in [4.69, 9.17) is 10.5 Å². The van der Waals surface area contributed by atoms with E-state index in [1.165, 1.54) is 0 Å². The minimum atomic E-state index is -0.550. The lowest BCUT2D eigenvalue weighted by atomic mass is 9.85. The fraction of sp³-hybridized carbons (Fsp3) is 0.583. The maximum atomic E-state index is 11.8. The van der Waals surface area contributed by atoms with Crippen LogP contribution < -0.4 is 5.73 Å². The molecule has 0 saturated carbocycles. The lowest BCUT2D eigenvalue weighted by Crippen LogP contribution is -2.30. The molecule has 1 aromatic heterocycles. The highest BCUT2D eigenvalue weighted by Crippen LogP contribution is 2.34. The van der Waals surface area contributed by atoms with Crippen LogP contribution in [-0.2, 0) is 9.53 Å². The van der Waals surface area contributed by atoms with Gasteiger partial charge >= 0.3 is 5.97 Å². The number of halogens is 1. The Morgan fingerprint density at radius 3 is 2.71 bits per heavy atom. The predicted octanol–water partition coefficient (Wildman–Crippen LogP) is 3.49. The molecule has 0 aliphatic rings. The number of thiophene rings is 1. The molecule has 1 heterocycles. The van der Waals surface area contributed by atoms with Crippen molar-refractivity contribution in [1.29, 1.82) is 0 Å². The van der Waals surface area contributed by atoms with Crippen molar-refractivity contribution in [2.45, 2.75) is 33.2 Å². The van der Waals surface area contributed by atoms with Crippen LogP contribution in [0.5, 0.6) is 0 Å². The Balaban J connectivity index is 2.67. The van der Waals surface area contributed by atoms with Crippen LogP contribution >= 0.6 is 27.3 Å². The zero-order valence-corrected chi connectivity index (χ0v) is 12.7. The van der Waals surface area contributed by atoms with E-state index in [0.717, 1.165) is 8.66 Å². The molecule has 0 aromatic carbocycles. The standard InChI is InChI=1S/C12H18BrNO2S/c1-4-16-11(15)12(2,3)7-8(14)9-5-6-10(13)17-9/h5-6,8H,4,7,14H2,1-3H3. The summed E-state index contributed by atoms with van der Waals surface area (Å²) in [7, 11) is 0. The van der Waals surface area contributed by atoms with Gasteiger partial charge in [-0.05, 0) is 55.3 Å². The van der Waals surface area contributed by atoms with Gasteiger partial charge in [0, 0.05) is 10.9 Å². The highest BCUT2D eigenvalue weighted by Gasteiger charge is 2.32. The van der Waals surface area contributed by atoms with Crippen LogP contribution in [0.1, 0.15) is 38.1 Å². The first-order chi connectivity index (χ1) is 7.86. The molecule has 2 N–H and O–H groups in total. The third-order valence-electron chi connectivity index (χ3n) is 2.52. The smallest absolute Gasteiger partial charge is 0.311 e. The molecule has 0 radical (unpaired) electrons. The highest BCUT2D eigenvalue weighted by atomic mass is 79.9. The van der Waals surface area contributed by atoms with E-state index in [9.17, 15) is 4.79 Å². The number of ether oxygens (including phenoxy) is 1. The Morgan fingerprint density at radius 2 is 2.24 bits per heavy atom. The Labute approximate surface area is 114 Å². The number of hydrogen-bond acceptors (Lipinski definition) is 4. The van der Waals surface area contributed by atoms with Crippen LogP contribution in [0, 0.1) is 5.41 Å². The fourth-order valence-corrected chi connectivity index (χ4v) is 3.01. The largest absolute Gasteiger partial charge is 0.466 e. The van der Waals surface area contributed by atoms with Gasteiger partial charge in [0.1, 0.15) is 0 Å². The monoisotopic (exact) mass is 319 g/mol. The van der Waals surface area contributed by atoms with Crippen LogP contribution in [-0.4, -0.2) is 12.6 Å². The van der Waals surface area contributed by atoms with Gasteiger partial charge in [0.05, 0.1) is 15.8 Å². The molecule has 3 nitrogen and oxygen atoms in total. The van der Waals surface area contributed by atoms with Crippen molar-refractivity contribution in [2.75, 3.05) is 6.61 Å². The number of hydrogen-bond donors (Lipinski definition) is 1. The van der Waals surface area contributed by atoms with Gasteiger partial charge in [-0.25, -0.2) is 0 Å². The fourth-order valence-electron chi connectivity index (χ4n) is 1.59. The van der Waals surface area contributed by atoms with Crippen LogP contribution in [0.2, 0.25) is 0 Å². The van der Waals surface area contributed by atoms with E-state index in [1.54, 1.807) is 11.3 Å². The molecule has 1 rings (SSSR count). The van der Waals surface area contributed by atoms with Crippen LogP contribution in [0.3, 0.4) is 0 Å². The molecule has 0 bridgehead atoms. The number of carbonyl (C=O) groups is 1. The molecule has 0 spiro atoms. The SMILES string of the molecule is CCOC(=O)C(C)(C)CC(N)c1ccc(Br)s1. The molecule has 0 amide bonds. The maximum Gasteiger partial charge on any atom is 0.311 e. The summed E-state index contributed by atoms with van der Waals surface area (Å²) in [5.41, 5.74) is 5.56. The Kier molecular flexibility index (Phi) is 5.16. The molecular weight excluding hydrogens is 302 g/mol. The molecule has 96 valence electrons. The molecule has 1 aromatic rings. The topological polar surface area (TPSA) is 52.3 Å². The molecule has 1 atom stereocenters. The van der Waals surface area contributed by atoms with Crippen LogP contribution in [0.25, 0.3) is 0 Å². The van der Waals surface area contributed by atoms with Gasteiger partial charge in [-0.15, -0.1) is 11.3 Å². The van der Waals surface area contributed by atoms with Crippen molar-refractivity contribution in [3.63, 3.8) is 0 Å². The minimum absolute atomic E-state index is 0.134. The van der Waals surface area contributed by atoms with E-state index < -0.39 is 5.41 Å². The number of nitrogens with two attached hydrogens (primary N) is 1. The zero-order valence-electron chi connectivity index (χ0n) is 10.3. The molecule has 0 aliphatic heterocycles. The van der Waals surface area contributed by atoms with E-state index in [1.807, 2.05) is 32.9 Å². The number of carbonyl (C=O) groups excluding carboxylic acids is 1. The van der Waals surface area contributed by atoms with Gasteiger partial charge in [-0.3, -0.25) is 4.79 Å². The van der Waals surface area contributed by atoms with Crippen LogP contribution in [0.15, 0.2) is 15.9 Å². The van der Waals surface area contributed by atoms with Crippen LogP contribution in [0.4, 0.5) is 0 Å². The molecule has 5 heteroatoms. The highest BCUT2D eigenvalue weighted by molar-refractivity contribution is 9.11. The lowest BCUT2D eigenvalue weighted by molar-refractivity contribution is -0.154. The van der Waals surface area contributed by atoms with Crippen molar-refractivity contribution in [3.05, 3.63) is 20.8 Å². The van der Waals surface area contributed by atoms with Crippen molar-refractivity contribution in [2.24, 2.45) is 11.1 Å². The summed E-state index contributed by atoms with van der Waals surface area (Å²) in [5, 5.41) is 0. The summed E-state index contributed by atoms with van der Waals surface area (Å²) in [6, 6.07) is 3.82. The van der Waals surface area contributed by atoms with Crippen molar-refractivity contribution >= 4 is 33.2 Å². The normalized spacial score (nSPS) is 13.5. The van der Waals surface area contributed by atoms with Gasteiger partial charge in [-0.2, -0.15) is 0 Å². The maximum absolute atomic E-state index is 11.8. The first-order valence-electron chi connectivity index (χ1n) is 5.55. The molecule has 0 aliphatic carbocycles. The minimum Gasteiger partial charge on any atom is -0.466 e. The summed E-state index contributed by atoms with van der Waals surface area (Å²) in [6.07, 6.45) is 0.582. The predicted molar refractivity (Wildman–Crippen MR) is 74.0 cm³/mol. The van der Waals surface area contributed by atoms with E-state index in [0.29, 0.717) is 13.0 Å². The van der Waals surface area contributed by atoms with E-state index in [-0.39, 0.29) is 12.0 Å². The van der Waals surface area contributed by atoms with Crippen molar-refractivity contribution in [1.82, 2.24) is 0 Å². The van der Waals surface area contributed by atoms with E-state index >= 15 is 0 Å². The van der Waals surface area contributed by atoms with Gasteiger partial charge in [-0.1, -0.05) is 0 Å². The summed E-state index contributed by atoms with van der Waals surface area (Å²) in [5.74, 6) is -0.189. The summed E-state index contributed by atoms with van der Waals surface area (Å²) < 4.78 is 6.10. The van der Waals surface area contributed by atoms with E-state index in [2.05, 4.69) is 15.9 Å². The van der Waals surface area contributed by atoms with Gasteiger partial charge in [0.15, 0.2) is 0 Å². The molecule has 0 fully saturated rings. The first kappa shape index (κ1) is 14.7. The summed E-state index contributed by atoms with van der Waals surface area (Å²) >= 11 is 5.01. The molecule has 1 unspecified atom stereocenters. The quantitative estimate of drug-likeness (QED) is 0.845. The van der Waals surface area contributed by atoms with Gasteiger partial charge < -0.3 is 10.5 Å². The number of esters is 1. The van der Waals surface area contributed by atoms with Crippen molar-refractivity contribution < 1.29 is 9.53 Å². The molecule has 0 saturated heterocycles. The zero-order chi connectivity index (χ0) is 13.1. The average molecular weight is 320 g/mol.